The van der Waals surface area contributed by atoms with Crippen molar-refractivity contribution in [2.45, 2.75) is 51.4 Å². The SMILES string of the molecule is O=C(CC1CCCCCC1)NCCCOCCO. The van der Waals surface area contributed by atoms with Crippen molar-refractivity contribution < 1.29 is 14.6 Å². The number of carbonyl (C=O) groups excluding carboxylic acids is 1. The highest BCUT2D eigenvalue weighted by Gasteiger charge is 2.15. The van der Waals surface area contributed by atoms with E-state index in [9.17, 15) is 4.79 Å². The Hall–Kier alpha value is -0.610. The van der Waals surface area contributed by atoms with Gasteiger partial charge in [-0.15, -0.1) is 0 Å². The van der Waals surface area contributed by atoms with Crippen molar-refractivity contribution >= 4 is 5.91 Å². The molecule has 0 spiro atoms. The van der Waals surface area contributed by atoms with Gasteiger partial charge in [-0.25, -0.2) is 0 Å². The molecule has 0 aliphatic heterocycles. The van der Waals surface area contributed by atoms with E-state index in [2.05, 4.69) is 5.32 Å². The number of rotatable bonds is 8. The van der Waals surface area contributed by atoms with Crippen LogP contribution in [0, 0.1) is 5.92 Å². The molecule has 0 aromatic rings. The van der Waals surface area contributed by atoms with E-state index >= 15 is 0 Å². The Balaban J connectivity index is 1.98. The number of ether oxygens (including phenoxy) is 1. The maximum atomic E-state index is 11.7. The normalized spacial score (nSPS) is 17.4. The number of hydrogen-bond donors (Lipinski definition) is 2. The van der Waals surface area contributed by atoms with Crippen molar-refractivity contribution in [3.8, 4) is 0 Å². The fourth-order valence-corrected chi connectivity index (χ4v) is 2.47. The Morgan fingerprint density at radius 3 is 2.56 bits per heavy atom. The number of amides is 1. The van der Waals surface area contributed by atoms with Crippen LogP contribution in [-0.2, 0) is 9.53 Å². The summed E-state index contributed by atoms with van der Waals surface area (Å²) in [5, 5.41) is 11.5. The molecule has 0 heterocycles. The minimum Gasteiger partial charge on any atom is -0.394 e. The second-order valence-electron chi connectivity index (χ2n) is 5.10. The van der Waals surface area contributed by atoms with Crippen LogP contribution >= 0.6 is 0 Å². The van der Waals surface area contributed by atoms with Crippen molar-refractivity contribution in [3.63, 3.8) is 0 Å². The summed E-state index contributed by atoms with van der Waals surface area (Å²) in [5.41, 5.74) is 0. The second-order valence-corrected chi connectivity index (χ2v) is 5.10. The Morgan fingerprint density at radius 2 is 1.89 bits per heavy atom. The smallest absolute Gasteiger partial charge is 0.220 e. The third kappa shape index (κ3) is 7.67. The molecule has 0 radical (unpaired) electrons. The molecule has 4 heteroatoms. The van der Waals surface area contributed by atoms with Crippen molar-refractivity contribution in [1.82, 2.24) is 5.32 Å². The molecule has 4 nitrogen and oxygen atoms in total. The number of aliphatic hydroxyl groups excluding tert-OH is 1. The molecule has 1 amide bonds. The van der Waals surface area contributed by atoms with E-state index < -0.39 is 0 Å². The molecule has 1 aliphatic rings. The van der Waals surface area contributed by atoms with Gasteiger partial charge in [0.05, 0.1) is 13.2 Å². The second kappa shape index (κ2) is 10.3. The minimum atomic E-state index is 0.0635. The van der Waals surface area contributed by atoms with E-state index in [4.69, 9.17) is 9.84 Å². The molecule has 2 N–H and O–H groups in total. The molecule has 0 aromatic heterocycles. The average Bonchev–Trinajstić information content (AvgIpc) is 2.62. The van der Waals surface area contributed by atoms with Gasteiger partial charge in [-0.05, 0) is 25.2 Å². The van der Waals surface area contributed by atoms with Crippen LogP contribution in [0.4, 0.5) is 0 Å². The standard InChI is InChI=1S/C14H27NO3/c16-9-11-18-10-5-8-15-14(17)12-13-6-3-1-2-4-7-13/h13,16H,1-12H2,(H,15,17). The molecule has 1 saturated carbocycles. The Labute approximate surface area is 110 Å². The molecule has 0 saturated heterocycles. The van der Waals surface area contributed by atoms with Gasteiger partial charge >= 0.3 is 0 Å². The van der Waals surface area contributed by atoms with Crippen LogP contribution in [0.3, 0.4) is 0 Å². The molecule has 1 fully saturated rings. The van der Waals surface area contributed by atoms with Gasteiger partial charge < -0.3 is 15.2 Å². The number of nitrogens with one attached hydrogen (secondary N) is 1. The van der Waals surface area contributed by atoms with Crippen LogP contribution in [0.1, 0.15) is 51.4 Å². The lowest BCUT2D eigenvalue weighted by Gasteiger charge is -2.13. The highest BCUT2D eigenvalue weighted by Crippen LogP contribution is 2.25. The maximum absolute atomic E-state index is 11.7. The lowest BCUT2D eigenvalue weighted by atomic mass is 9.96. The summed E-state index contributed by atoms with van der Waals surface area (Å²) in [7, 11) is 0. The van der Waals surface area contributed by atoms with Gasteiger partial charge in [-0.2, -0.15) is 0 Å². The van der Waals surface area contributed by atoms with Crippen molar-refractivity contribution in [2.75, 3.05) is 26.4 Å². The molecule has 0 unspecified atom stereocenters. The predicted octanol–water partition coefficient (Wildman–Crippen LogP) is 1.86. The van der Waals surface area contributed by atoms with Gasteiger partial charge in [-0.3, -0.25) is 4.79 Å². The van der Waals surface area contributed by atoms with Gasteiger partial charge in [0.15, 0.2) is 0 Å². The first-order chi connectivity index (χ1) is 8.83. The van der Waals surface area contributed by atoms with Gasteiger partial charge in [0, 0.05) is 19.6 Å². The highest BCUT2D eigenvalue weighted by molar-refractivity contribution is 5.76. The van der Waals surface area contributed by atoms with Crippen LogP contribution in [0.15, 0.2) is 0 Å². The van der Waals surface area contributed by atoms with Crippen molar-refractivity contribution in [1.29, 1.82) is 0 Å². The predicted molar refractivity (Wildman–Crippen MR) is 71.3 cm³/mol. The first-order valence-corrected chi connectivity index (χ1v) is 7.28. The zero-order valence-corrected chi connectivity index (χ0v) is 11.3. The first-order valence-electron chi connectivity index (χ1n) is 7.28. The van der Waals surface area contributed by atoms with Gasteiger partial charge in [-0.1, -0.05) is 25.7 Å². The molecule has 1 aliphatic carbocycles. The lowest BCUT2D eigenvalue weighted by molar-refractivity contribution is -0.122. The lowest BCUT2D eigenvalue weighted by Crippen LogP contribution is -2.27. The van der Waals surface area contributed by atoms with Crippen LogP contribution in [0.2, 0.25) is 0 Å². The van der Waals surface area contributed by atoms with E-state index in [1.165, 1.54) is 38.5 Å². The zero-order valence-electron chi connectivity index (χ0n) is 11.3. The molecule has 0 bridgehead atoms. The topological polar surface area (TPSA) is 58.6 Å². The molecule has 18 heavy (non-hydrogen) atoms. The summed E-state index contributed by atoms with van der Waals surface area (Å²) >= 11 is 0. The molecule has 1 rings (SSSR count). The third-order valence-corrected chi connectivity index (χ3v) is 3.47. The van der Waals surface area contributed by atoms with E-state index in [0.29, 0.717) is 32.1 Å². The molecule has 0 aromatic carbocycles. The fourth-order valence-electron chi connectivity index (χ4n) is 2.47. The third-order valence-electron chi connectivity index (χ3n) is 3.47. The van der Waals surface area contributed by atoms with Gasteiger partial charge in [0.25, 0.3) is 0 Å². The van der Waals surface area contributed by atoms with Crippen LogP contribution in [0.5, 0.6) is 0 Å². The summed E-state index contributed by atoms with van der Waals surface area (Å²) < 4.78 is 5.13. The van der Waals surface area contributed by atoms with Crippen LogP contribution in [0.25, 0.3) is 0 Å². The largest absolute Gasteiger partial charge is 0.394 e. The summed E-state index contributed by atoms with van der Waals surface area (Å²) in [5.74, 6) is 0.780. The van der Waals surface area contributed by atoms with E-state index in [1.807, 2.05) is 0 Å². The summed E-state index contributed by atoms with van der Waals surface area (Å²) in [6.07, 6.45) is 9.18. The van der Waals surface area contributed by atoms with Gasteiger partial charge in [0.2, 0.25) is 5.91 Å². The summed E-state index contributed by atoms with van der Waals surface area (Å²) in [6, 6.07) is 0. The minimum absolute atomic E-state index is 0.0635. The number of carbonyl (C=O) groups is 1. The van der Waals surface area contributed by atoms with Gasteiger partial charge in [0.1, 0.15) is 0 Å². The number of aliphatic hydroxyl groups is 1. The zero-order chi connectivity index (χ0) is 13.1. The molecular weight excluding hydrogens is 230 g/mol. The maximum Gasteiger partial charge on any atom is 0.220 e. The quantitative estimate of drug-likeness (QED) is 0.515. The monoisotopic (exact) mass is 257 g/mol. The summed E-state index contributed by atoms with van der Waals surface area (Å²) in [4.78, 5) is 11.7. The Kier molecular flexibility index (Phi) is 8.86. The number of hydrogen-bond acceptors (Lipinski definition) is 3. The molecule has 0 atom stereocenters. The van der Waals surface area contributed by atoms with E-state index in [0.717, 1.165) is 6.42 Å². The van der Waals surface area contributed by atoms with Crippen molar-refractivity contribution in [2.24, 2.45) is 5.92 Å². The first kappa shape index (κ1) is 15.4. The fraction of sp³-hybridized carbons (Fsp3) is 0.929. The van der Waals surface area contributed by atoms with Crippen LogP contribution < -0.4 is 5.32 Å². The summed E-state index contributed by atoms with van der Waals surface area (Å²) in [6.45, 7) is 1.73. The molecular formula is C14H27NO3. The van der Waals surface area contributed by atoms with Crippen LogP contribution in [-0.4, -0.2) is 37.4 Å². The van der Waals surface area contributed by atoms with Crippen molar-refractivity contribution in [3.05, 3.63) is 0 Å². The Bertz CT molecular complexity index is 213. The van der Waals surface area contributed by atoms with E-state index in [-0.39, 0.29) is 12.5 Å². The molecule has 106 valence electrons. The average molecular weight is 257 g/mol. The Morgan fingerprint density at radius 1 is 1.17 bits per heavy atom. The van der Waals surface area contributed by atoms with E-state index in [1.54, 1.807) is 0 Å². The highest BCUT2D eigenvalue weighted by atomic mass is 16.5.